The average molecular weight is 330 g/mol. The minimum absolute atomic E-state index is 0.0763. The van der Waals surface area contributed by atoms with Crippen LogP contribution in [-0.4, -0.2) is 9.55 Å². The second-order valence-electron chi connectivity index (χ2n) is 3.94. The van der Waals surface area contributed by atoms with E-state index in [9.17, 15) is 9.59 Å². The molecular formula is C12H10BrClN2O2. The zero-order chi connectivity index (χ0) is 13.4. The van der Waals surface area contributed by atoms with Crippen LogP contribution >= 0.6 is 27.5 Å². The number of nitrogens with one attached hydrogen (secondary N) is 1. The highest BCUT2D eigenvalue weighted by Gasteiger charge is 2.11. The number of nitrogens with zero attached hydrogens (tertiary/aromatic N) is 1. The molecule has 0 atom stereocenters. The van der Waals surface area contributed by atoms with E-state index >= 15 is 0 Å². The zero-order valence-corrected chi connectivity index (χ0v) is 12.1. The summed E-state index contributed by atoms with van der Waals surface area (Å²) >= 11 is 9.13. The van der Waals surface area contributed by atoms with E-state index in [-0.39, 0.29) is 5.15 Å². The summed E-state index contributed by atoms with van der Waals surface area (Å²) in [5, 5.41) is 0.0763. The Kier molecular flexibility index (Phi) is 3.45. The van der Waals surface area contributed by atoms with Crippen molar-refractivity contribution < 1.29 is 0 Å². The van der Waals surface area contributed by atoms with Crippen molar-refractivity contribution in [3.05, 3.63) is 59.8 Å². The van der Waals surface area contributed by atoms with Gasteiger partial charge in [-0.3, -0.25) is 9.78 Å². The van der Waals surface area contributed by atoms with Crippen LogP contribution in [0.3, 0.4) is 0 Å². The fraction of sp³-hybridized carbons (Fsp3) is 0.167. The monoisotopic (exact) mass is 328 g/mol. The molecular weight excluding hydrogens is 320 g/mol. The fourth-order valence-corrected chi connectivity index (χ4v) is 2.08. The second kappa shape index (κ2) is 4.74. The summed E-state index contributed by atoms with van der Waals surface area (Å²) in [7, 11) is 0. The van der Waals surface area contributed by atoms with Crippen LogP contribution in [0, 0.1) is 13.8 Å². The van der Waals surface area contributed by atoms with Gasteiger partial charge in [0.05, 0.1) is 11.3 Å². The summed E-state index contributed by atoms with van der Waals surface area (Å²) in [5.74, 6) is 0. The molecule has 0 amide bonds. The largest absolute Gasteiger partial charge is 0.334 e. The lowest BCUT2D eigenvalue weighted by Crippen LogP contribution is -2.35. The predicted octanol–water partition coefficient (Wildman–Crippen LogP) is 2.56. The predicted molar refractivity (Wildman–Crippen MR) is 74.8 cm³/mol. The minimum Gasteiger partial charge on any atom is -0.297 e. The van der Waals surface area contributed by atoms with Crippen molar-refractivity contribution in [2.45, 2.75) is 13.8 Å². The third-order valence-electron chi connectivity index (χ3n) is 2.69. The SMILES string of the molecule is Cc1ccc(-n2c(=O)[nH]c(Cl)c(C)c2=O)cc1Br. The van der Waals surface area contributed by atoms with Gasteiger partial charge >= 0.3 is 5.69 Å². The lowest BCUT2D eigenvalue weighted by Gasteiger charge is -2.08. The molecule has 0 fully saturated rings. The number of hydrogen-bond donors (Lipinski definition) is 1. The van der Waals surface area contributed by atoms with Gasteiger partial charge in [-0.25, -0.2) is 9.36 Å². The van der Waals surface area contributed by atoms with Crippen molar-refractivity contribution in [2.24, 2.45) is 0 Å². The summed E-state index contributed by atoms with van der Waals surface area (Å²) in [6, 6.07) is 5.26. The van der Waals surface area contributed by atoms with E-state index < -0.39 is 11.2 Å². The molecule has 6 heteroatoms. The first kappa shape index (κ1) is 13.1. The smallest absolute Gasteiger partial charge is 0.297 e. The Balaban J connectivity index is 2.80. The third-order valence-corrected chi connectivity index (χ3v) is 3.92. The molecule has 0 saturated carbocycles. The number of rotatable bonds is 1. The van der Waals surface area contributed by atoms with Gasteiger partial charge in [0.15, 0.2) is 0 Å². The summed E-state index contributed by atoms with van der Waals surface area (Å²) < 4.78 is 1.89. The standard InChI is InChI=1S/C12H10BrClN2O2/c1-6-3-4-8(5-9(6)13)16-11(17)7(2)10(14)15-12(16)18/h3-5H,1-2H3,(H,15,18). The van der Waals surface area contributed by atoms with E-state index in [0.717, 1.165) is 14.6 Å². The lowest BCUT2D eigenvalue weighted by molar-refractivity contribution is 0.859. The molecule has 0 spiro atoms. The van der Waals surface area contributed by atoms with Crippen molar-refractivity contribution in [1.29, 1.82) is 0 Å². The van der Waals surface area contributed by atoms with Crippen molar-refractivity contribution >= 4 is 27.5 Å². The average Bonchev–Trinajstić information content (AvgIpc) is 2.31. The molecule has 1 N–H and O–H groups in total. The summed E-state index contributed by atoms with van der Waals surface area (Å²) in [6.45, 7) is 3.49. The number of aromatic nitrogens is 2. The van der Waals surface area contributed by atoms with Gasteiger partial charge in [0.25, 0.3) is 5.56 Å². The molecule has 2 rings (SSSR count). The maximum absolute atomic E-state index is 12.1. The number of H-pyrrole nitrogens is 1. The first-order valence-corrected chi connectivity index (χ1v) is 6.37. The molecule has 0 unspecified atom stereocenters. The maximum atomic E-state index is 12.1. The molecule has 18 heavy (non-hydrogen) atoms. The van der Waals surface area contributed by atoms with E-state index in [0.29, 0.717) is 11.3 Å². The Morgan fingerprint density at radius 2 is 1.94 bits per heavy atom. The molecule has 0 radical (unpaired) electrons. The molecule has 2 aromatic rings. The lowest BCUT2D eigenvalue weighted by atomic mass is 10.2. The number of hydrogen-bond acceptors (Lipinski definition) is 2. The highest BCUT2D eigenvalue weighted by molar-refractivity contribution is 9.10. The van der Waals surface area contributed by atoms with Crippen LogP contribution in [0.15, 0.2) is 32.3 Å². The van der Waals surface area contributed by atoms with Crippen LogP contribution in [0.25, 0.3) is 5.69 Å². The van der Waals surface area contributed by atoms with E-state index in [1.165, 1.54) is 0 Å². The van der Waals surface area contributed by atoms with Gasteiger partial charge < -0.3 is 0 Å². The Morgan fingerprint density at radius 3 is 2.56 bits per heavy atom. The van der Waals surface area contributed by atoms with Gasteiger partial charge in [-0.15, -0.1) is 0 Å². The first-order valence-electron chi connectivity index (χ1n) is 5.20. The maximum Gasteiger partial charge on any atom is 0.334 e. The third kappa shape index (κ3) is 2.15. The molecule has 0 saturated heterocycles. The van der Waals surface area contributed by atoms with Crippen molar-refractivity contribution in [1.82, 2.24) is 9.55 Å². The Hall–Kier alpha value is -1.33. The molecule has 0 aliphatic carbocycles. The van der Waals surface area contributed by atoms with E-state index in [1.54, 1.807) is 19.1 Å². The van der Waals surface area contributed by atoms with Crippen molar-refractivity contribution in [3.63, 3.8) is 0 Å². The summed E-state index contributed by atoms with van der Waals surface area (Å²) in [5.41, 5.74) is 0.867. The van der Waals surface area contributed by atoms with Crippen LogP contribution < -0.4 is 11.2 Å². The van der Waals surface area contributed by atoms with Gasteiger partial charge in [-0.2, -0.15) is 0 Å². The van der Waals surface area contributed by atoms with Crippen molar-refractivity contribution in [2.75, 3.05) is 0 Å². The normalized spacial score (nSPS) is 10.7. The highest BCUT2D eigenvalue weighted by atomic mass is 79.9. The van der Waals surface area contributed by atoms with Crippen LogP contribution in [0.4, 0.5) is 0 Å². The van der Waals surface area contributed by atoms with Crippen LogP contribution in [-0.2, 0) is 0 Å². The zero-order valence-electron chi connectivity index (χ0n) is 9.75. The first-order chi connectivity index (χ1) is 8.41. The summed E-state index contributed by atoms with van der Waals surface area (Å²) in [4.78, 5) is 26.3. The second-order valence-corrected chi connectivity index (χ2v) is 5.18. The van der Waals surface area contributed by atoms with Gasteiger partial charge in [0.1, 0.15) is 5.15 Å². The van der Waals surface area contributed by atoms with Crippen LogP contribution in [0.2, 0.25) is 5.15 Å². The van der Waals surface area contributed by atoms with Crippen LogP contribution in [0.5, 0.6) is 0 Å². The van der Waals surface area contributed by atoms with Gasteiger partial charge in [-0.05, 0) is 31.5 Å². The molecule has 0 bridgehead atoms. The molecule has 1 aromatic heterocycles. The number of benzene rings is 1. The fourth-order valence-electron chi connectivity index (χ4n) is 1.55. The Morgan fingerprint density at radius 1 is 1.28 bits per heavy atom. The molecule has 4 nitrogen and oxygen atoms in total. The van der Waals surface area contributed by atoms with Gasteiger partial charge in [-0.1, -0.05) is 33.6 Å². The molecule has 94 valence electrons. The quantitative estimate of drug-likeness (QED) is 0.818. The Labute approximate surface area is 116 Å². The van der Waals surface area contributed by atoms with Crippen molar-refractivity contribution in [3.8, 4) is 5.69 Å². The number of halogens is 2. The number of aryl methyl sites for hydroxylation is 1. The van der Waals surface area contributed by atoms with E-state index in [4.69, 9.17) is 11.6 Å². The topological polar surface area (TPSA) is 54.9 Å². The van der Waals surface area contributed by atoms with Gasteiger partial charge in [0.2, 0.25) is 0 Å². The summed E-state index contributed by atoms with van der Waals surface area (Å²) in [6.07, 6.45) is 0. The minimum atomic E-state index is -0.550. The van der Waals surface area contributed by atoms with Gasteiger partial charge in [0, 0.05) is 4.47 Å². The van der Waals surface area contributed by atoms with Crippen LogP contribution in [0.1, 0.15) is 11.1 Å². The molecule has 0 aliphatic rings. The Bertz CT molecular complexity index is 734. The van der Waals surface area contributed by atoms with E-state index in [2.05, 4.69) is 20.9 Å². The number of aromatic amines is 1. The molecule has 0 aliphatic heterocycles. The molecule has 1 heterocycles. The highest BCUT2D eigenvalue weighted by Crippen LogP contribution is 2.18. The van der Waals surface area contributed by atoms with E-state index in [1.807, 2.05) is 13.0 Å². The molecule has 1 aromatic carbocycles.